The van der Waals surface area contributed by atoms with Gasteiger partial charge in [-0.25, -0.2) is 17.6 Å². The van der Waals surface area contributed by atoms with Crippen LogP contribution in [0.3, 0.4) is 0 Å². The van der Waals surface area contributed by atoms with Gasteiger partial charge in [-0.05, 0) is 63.4 Å². The molecule has 0 fully saturated rings. The zero-order chi connectivity index (χ0) is 19.1. The molecule has 4 aromatic rings. The van der Waals surface area contributed by atoms with E-state index in [2.05, 4.69) is 13.0 Å². The van der Waals surface area contributed by atoms with Crippen molar-refractivity contribution in [3.8, 4) is 11.1 Å². The standard InChI is InChI=1S/C23H16F4/c1-2-3-13-4-7-17-14(8-13)5-6-15-9-19(20(24)12-18(15)17)16-10-21(25)23(27)22(26)11-16/h4-12H,2-3H2,1H3. The third-order valence-corrected chi connectivity index (χ3v) is 4.82. The fourth-order valence-electron chi connectivity index (χ4n) is 3.51. The summed E-state index contributed by atoms with van der Waals surface area (Å²) in [5, 5.41) is 3.39. The molecule has 0 unspecified atom stereocenters. The summed E-state index contributed by atoms with van der Waals surface area (Å²) < 4.78 is 55.0. The number of hydrogen-bond acceptors (Lipinski definition) is 0. The number of halogens is 4. The van der Waals surface area contributed by atoms with Crippen molar-refractivity contribution in [3.63, 3.8) is 0 Å². The van der Waals surface area contributed by atoms with E-state index in [1.807, 2.05) is 24.3 Å². The Morgan fingerprint density at radius 3 is 2.00 bits per heavy atom. The van der Waals surface area contributed by atoms with Crippen LogP contribution in [0.15, 0.2) is 54.6 Å². The second-order valence-corrected chi connectivity index (χ2v) is 6.68. The van der Waals surface area contributed by atoms with Crippen LogP contribution in [0.5, 0.6) is 0 Å². The summed E-state index contributed by atoms with van der Waals surface area (Å²) in [6.07, 6.45) is 2.02. The number of aryl methyl sites for hydroxylation is 1. The molecule has 0 heterocycles. The number of rotatable bonds is 3. The van der Waals surface area contributed by atoms with Gasteiger partial charge in [-0.15, -0.1) is 0 Å². The molecule has 0 aliphatic heterocycles. The molecule has 27 heavy (non-hydrogen) atoms. The quantitative estimate of drug-likeness (QED) is 0.204. The largest absolute Gasteiger partial charge is 0.206 e. The Kier molecular flexibility index (Phi) is 4.34. The summed E-state index contributed by atoms with van der Waals surface area (Å²) in [6, 6.07) is 14.4. The minimum absolute atomic E-state index is 0.0299. The highest BCUT2D eigenvalue weighted by molar-refractivity contribution is 6.08. The molecule has 0 amide bonds. The Morgan fingerprint density at radius 1 is 0.667 bits per heavy atom. The van der Waals surface area contributed by atoms with Gasteiger partial charge in [-0.2, -0.15) is 0 Å². The maximum absolute atomic E-state index is 14.8. The van der Waals surface area contributed by atoms with Gasteiger partial charge in [-0.3, -0.25) is 0 Å². The molecule has 0 nitrogen and oxygen atoms in total. The van der Waals surface area contributed by atoms with E-state index in [1.165, 1.54) is 17.7 Å². The highest BCUT2D eigenvalue weighted by atomic mass is 19.2. The molecule has 136 valence electrons. The van der Waals surface area contributed by atoms with Gasteiger partial charge in [0, 0.05) is 5.56 Å². The van der Waals surface area contributed by atoms with Gasteiger partial charge < -0.3 is 0 Å². The summed E-state index contributed by atoms with van der Waals surface area (Å²) in [4.78, 5) is 0. The highest BCUT2D eigenvalue weighted by Crippen LogP contribution is 2.33. The van der Waals surface area contributed by atoms with E-state index >= 15 is 0 Å². The number of benzene rings is 4. The summed E-state index contributed by atoms with van der Waals surface area (Å²) in [6.45, 7) is 2.11. The van der Waals surface area contributed by atoms with E-state index in [-0.39, 0.29) is 11.1 Å². The van der Waals surface area contributed by atoms with Gasteiger partial charge in [0.25, 0.3) is 0 Å². The van der Waals surface area contributed by atoms with Gasteiger partial charge in [-0.1, -0.05) is 43.7 Å². The van der Waals surface area contributed by atoms with Gasteiger partial charge in [0.15, 0.2) is 17.5 Å². The van der Waals surface area contributed by atoms with Crippen molar-refractivity contribution in [2.24, 2.45) is 0 Å². The van der Waals surface area contributed by atoms with Crippen molar-refractivity contribution in [2.45, 2.75) is 19.8 Å². The molecule has 0 spiro atoms. The predicted octanol–water partition coefficient (Wildman–Crippen LogP) is 7.17. The zero-order valence-electron chi connectivity index (χ0n) is 14.6. The van der Waals surface area contributed by atoms with Crippen LogP contribution in [0.4, 0.5) is 17.6 Å². The third-order valence-electron chi connectivity index (χ3n) is 4.82. The van der Waals surface area contributed by atoms with Crippen molar-refractivity contribution in [1.82, 2.24) is 0 Å². The summed E-state index contributed by atoms with van der Waals surface area (Å²) in [5.41, 5.74) is 1.21. The molecule has 4 rings (SSSR count). The van der Waals surface area contributed by atoms with E-state index in [0.717, 1.165) is 46.5 Å². The Labute approximate surface area is 154 Å². The monoisotopic (exact) mass is 368 g/mol. The average molecular weight is 368 g/mol. The molecule has 0 aromatic heterocycles. The minimum Gasteiger partial charge on any atom is -0.206 e. The lowest BCUT2D eigenvalue weighted by atomic mass is 9.95. The smallest absolute Gasteiger partial charge is 0.194 e. The molecule has 0 aliphatic carbocycles. The second kappa shape index (κ2) is 6.69. The van der Waals surface area contributed by atoms with E-state index in [9.17, 15) is 17.6 Å². The van der Waals surface area contributed by atoms with E-state index in [4.69, 9.17) is 0 Å². The first kappa shape index (κ1) is 17.5. The van der Waals surface area contributed by atoms with Crippen LogP contribution in [0.2, 0.25) is 0 Å². The first-order valence-electron chi connectivity index (χ1n) is 8.77. The van der Waals surface area contributed by atoms with Crippen LogP contribution in [-0.4, -0.2) is 0 Å². The lowest BCUT2D eigenvalue weighted by Crippen LogP contribution is -1.94. The van der Waals surface area contributed by atoms with Crippen LogP contribution in [0.25, 0.3) is 32.7 Å². The summed E-state index contributed by atoms with van der Waals surface area (Å²) in [5.74, 6) is -4.86. The molecule has 0 radical (unpaired) electrons. The number of fused-ring (bicyclic) bond motifs is 3. The lowest BCUT2D eigenvalue weighted by Gasteiger charge is -2.10. The minimum atomic E-state index is -1.56. The molecular formula is C23H16F4. The Bertz CT molecular complexity index is 1160. The lowest BCUT2D eigenvalue weighted by molar-refractivity contribution is 0.447. The van der Waals surface area contributed by atoms with Gasteiger partial charge >= 0.3 is 0 Å². The SMILES string of the molecule is CCCc1ccc2c(ccc3cc(-c4cc(F)c(F)c(F)c4)c(F)cc32)c1. The molecule has 0 saturated heterocycles. The van der Waals surface area contributed by atoms with Crippen molar-refractivity contribution in [3.05, 3.63) is 83.4 Å². The Morgan fingerprint density at radius 2 is 1.33 bits per heavy atom. The normalized spacial score (nSPS) is 11.4. The average Bonchev–Trinajstić information content (AvgIpc) is 2.65. The highest BCUT2D eigenvalue weighted by Gasteiger charge is 2.15. The second-order valence-electron chi connectivity index (χ2n) is 6.68. The van der Waals surface area contributed by atoms with E-state index in [0.29, 0.717) is 0 Å². The molecule has 0 atom stereocenters. The Hall–Kier alpha value is -2.88. The molecule has 0 saturated carbocycles. The first-order chi connectivity index (χ1) is 13.0. The molecule has 0 bridgehead atoms. The van der Waals surface area contributed by atoms with Gasteiger partial charge in [0.1, 0.15) is 5.82 Å². The fourth-order valence-corrected chi connectivity index (χ4v) is 3.51. The third kappa shape index (κ3) is 3.05. The molecule has 0 aliphatic rings. The predicted molar refractivity (Wildman–Crippen MR) is 101 cm³/mol. The van der Waals surface area contributed by atoms with Crippen LogP contribution in [0.1, 0.15) is 18.9 Å². The maximum Gasteiger partial charge on any atom is 0.194 e. The van der Waals surface area contributed by atoms with Crippen LogP contribution < -0.4 is 0 Å². The van der Waals surface area contributed by atoms with Crippen LogP contribution >= 0.6 is 0 Å². The number of hydrogen-bond donors (Lipinski definition) is 0. The van der Waals surface area contributed by atoms with Crippen molar-refractivity contribution in [2.75, 3.05) is 0 Å². The van der Waals surface area contributed by atoms with Crippen molar-refractivity contribution < 1.29 is 17.6 Å². The molecule has 4 aromatic carbocycles. The molecule has 0 N–H and O–H groups in total. The van der Waals surface area contributed by atoms with Crippen LogP contribution in [-0.2, 0) is 6.42 Å². The van der Waals surface area contributed by atoms with E-state index in [1.54, 1.807) is 0 Å². The Balaban J connectivity index is 1.92. The first-order valence-corrected chi connectivity index (χ1v) is 8.77. The summed E-state index contributed by atoms with van der Waals surface area (Å²) >= 11 is 0. The molecular weight excluding hydrogens is 352 g/mol. The maximum atomic E-state index is 14.8. The summed E-state index contributed by atoms with van der Waals surface area (Å²) in [7, 11) is 0. The molecule has 4 heteroatoms. The topological polar surface area (TPSA) is 0 Å². The van der Waals surface area contributed by atoms with Crippen LogP contribution in [0, 0.1) is 23.3 Å². The van der Waals surface area contributed by atoms with Crippen molar-refractivity contribution >= 4 is 21.5 Å². The van der Waals surface area contributed by atoms with Gasteiger partial charge in [0.05, 0.1) is 0 Å². The fraction of sp³-hybridized carbons (Fsp3) is 0.130. The van der Waals surface area contributed by atoms with Gasteiger partial charge in [0.2, 0.25) is 0 Å². The van der Waals surface area contributed by atoms with Crippen molar-refractivity contribution in [1.29, 1.82) is 0 Å². The zero-order valence-corrected chi connectivity index (χ0v) is 14.6. The van der Waals surface area contributed by atoms with E-state index < -0.39 is 23.3 Å².